The smallest absolute Gasteiger partial charge is 0.211 e. The summed E-state index contributed by atoms with van der Waals surface area (Å²) in [5.41, 5.74) is 0. The molecule has 1 aromatic rings. The van der Waals surface area contributed by atoms with Gasteiger partial charge in [-0.3, -0.25) is 0 Å². The number of alkyl halides is 1. The molecule has 0 saturated heterocycles. The first-order chi connectivity index (χ1) is 9.01. The van der Waals surface area contributed by atoms with Crippen molar-refractivity contribution in [1.29, 1.82) is 0 Å². The van der Waals surface area contributed by atoms with Crippen molar-refractivity contribution in [2.45, 2.75) is 31.1 Å². The van der Waals surface area contributed by atoms with Crippen LogP contribution in [0.15, 0.2) is 33.6 Å². The molecule has 0 saturated carbocycles. The van der Waals surface area contributed by atoms with Crippen molar-refractivity contribution in [1.82, 2.24) is 4.72 Å². The van der Waals surface area contributed by atoms with Crippen LogP contribution in [0.3, 0.4) is 0 Å². The summed E-state index contributed by atoms with van der Waals surface area (Å²) < 4.78 is 27.6. The molecule has 0 aliphatic rings. The molecular formula is C13H19BrClNO2S. The first-order valence-corrected chi connectivity index (χ1v) is 9.12. The zero-order valence-electron chi connectivity index (χ0n) is 10.9. The molecule has 0 bridgehead atoms. The first kappa shape index (κ1) is 17.0. The molecule has 3 nitrogen and oxygen atoms in total. The maximum Gasteiger partial charge on any atom is 0.241 e. The fraction of sp³-hybridized carbons (Fsp3) is 0.538. The summed E-state index contributed by atoms with van der Waals surface area (Å²) in [7, 11) is -3.46. The summed E-state index contributed by atoms with van der Waals surface area (Å²) in [6, 6.07) is 6.80. The minimum atomic E-state index is -3.46. The van der Waals surface area contributed by atoms with Crippen molar-refractivity contribution in [2.24, 2.45) is 5.92 Å². The molecule has 1 aromatic carbocycles. The van der Waals surface area contributed by atoms with E-state index in [1.165, 1.54) is 0 Å². The average molecular weight is 369 g/mol. The minimum absolute atomic E-state index is 0.274. The van der Waals surface area contributed by atoms with Crippen LogP contribution >= 0.6 is 27.5 Å². The van der Waals surface area contributed by atoms with Crippen LogP contribution < -0.4 is 4.72 Å². The van der Waals surface area contributed by atoms with Gasteiger partial charge in [-0.1, -0.05) is 25.5 Å². The van der Waals surface area contributed by atoms with Crippen LogP contribution in [0.5, 0.6) is 0 Å². The number of halogens is 2. The Kier molecular flexibility index (Phi) is 7.36. The third-order valence-corrected chi connectivity index (χ3v) is 5.56. The predicted molar refractivity (Wildman–Crippen MR) is 83.1 cm³/mol. The van der Waals surface area contributed by atoms with Gasteiger partial charge >= 0.3 is 0 Å². The number of nitrogens with one attached hydrogen (secondary N) is 1. The van der Waals surface area contributed by atoms with E-state index in [9.17, 15) is 8.42 Å². The highest BCUT2D eigenvalue weighted by atomic mass is 79.9. The van der Waals surface area contributed by atoms with E-state index in [4.69, 9.17) is 11.6 Å². The lowest BCUT2D eigenvalue weighted by molar-refractivity contribution is 0.457. The van der Waals surface area contributed by atoms with E-state index in [1.807, 2.05) is 0 Å². The zero-order chi connectivity index (χ0) is 14.3. The lowest BCUT2D eigenvalue weighted by Gasteiger charge is -2.16. The van der Waals surface area contributed by atoms with E-state index in [2.05, 4.69) is 27.6 Å². The second-order valence-corrected chi connectivity index (χ2v) is 7.38. The van der Waals surface area contributed by atoms with Crippen LogP contribution in [0, 0.1) is 5.92 Å². The summed E-state index contributed by atoms with van der Waals surface area (Å²) in [6.07, 6.45) is 2.83. The molecule has 0 heterocycles. The van der Waals surface area contributed by atoms with Gasteiger partial charge < -0.3 is 0 Å². The molecule has 19 heavy (non-hydrogen) atoms. The van der Waals surface area contributed by atoms with E-state index in [-0.39, 0.29) is 4.90 Å². The fourth-order valence-corrected chi connectivity index (χ4v) is 4.30. The van der Waals surface area contributed by atoms with Gasteiger partial charge in [-0.15, -0.1) is 11.6 Å². The molecule has 0 fully saturated rings. The number of hydrogen-bond donors (Lipinski definition) is 1. The molecular weight excluding hydrogens is 350 g/mol. The van der Waals surface area contributed by atoms with Crippen LogP contribution in [0.25, 0.3) is 0 Å². The average Bonchev–Trinajstić information content (AvgIpc) is 2.37. The van der Waals surface area contributed by atoms with E-state index >= 15 is 0 Å². The Morgan fingerprint density at radius 2 is 2.00 bits per heavy atom. The highest BCUT2D eigenvalue weighted by Crippen LogP contribution is 2.21. The minimum Gasteiger partial charge on any atom is -0.211 e. The Bertz CT molecular complexity index is 487. The van der Waals surface area contributed by atoms with Crippen molar-refractivity contribution in [3.63, 3.8) is 0 Å². The molecule has 0 aliphatic heterocycles. The van der Waals surface area contributed by atoms with Gasteiger partial charge in [0.2, 0.25) is 10.0 Å². The second kappa shape index (κ2) is 8.25. The molecule has 1 rings (SSSR count). The first-order valence-electron chi connectivity index (χ1n) is 6.31. The van der Waals surface area contributed by atoms with E-state index < -0.39 is 10.0 Å². The van der Waals surface area contributed by atoms with Crippen molar-refractivity contribution in [3.05, 3.63) is 28.7 Å². The third-order valence-electron chi connectivity index (χ3n) is 2.90. The van der Waals surface area contributed by atoms with Gasteiger partial charge in [-0.25, -0.2) is 13.1 Å². The zero-order valence-corrected chi connectivity index (χ0v) is 14.1. The van der Waals surface area contributed by atoms with E-state index in [0.717, 1.165) is 19.3 Å². The number of hydrogen-bond acceptors (Lipinski definition) is 2. The summed E-state index contributed by atoms with van der Waals surface area (Å²) in [5, 5.41) is 0. The van der Waals surface area contributed by atoms with Gasteiger partial charge in [0.15, 0.2) is 0 Å². The van der Waals surface area contributed by atoms with Crippen molar-refractivity contribution in [3.8, 4) is 0 Å². The Morgan fingerprint density at radius 1 is 1.32 bits per heavy atom. The lowest BCUT2D eigenvalue weighted by atomic mass is 10.0. The predicted octanol–water partition coefficient (Wildman–Crippen LogP) is 3.77. The standard InChI is InChI=1S/C13H19BrClNO2S/c1-2-5-11(8-9-15)10-16-19(17,18)13-7-4-3-6-12(13)14/h3-4,6-7,11,16H,2,5,8-10H2,1H3. The summed E-state index contributed by atoms with van der Waals surface area (Å²) in [5.74, 6) is 0.848. The molecule has 0 spiro atoms. The SMILES string of the molecule is CCCC(CCCl)CNS(=O)(=O)c1ccccc1Br. The topological polar surface area (TPSA) is 46.2 Å². The van der Waals surface area contributed by atoms with Crippen molar-refractivity contribution in [2.75, 3.05) is 12.4 Å². The van der Waals surface area contributed by atoms with Crippen LogP contribution in [0.4, 0.5) is 0 Å². The van der Waals surface area contributed by atoms with Crippen LogP contribution in [0.1, 0.15) is 26.2 Å². The lowest BCUT2D eigenvalue weighted by Crippen LogP contribution is -2.30. The molecule has 1 unspecified atom stereocenters. The summed E-state index contributed by atoms with van der Waals surface area (Å²) >= 11 is 9.00. The van der Waals surface area contributed by atoms with E-state index in [0.29, 0.717) is 22.8 Å². The van der Waals surface area contributed by atoms with Gasteiger partial charge in [0.05, 0.1) is 4.90 Å². The molecule has 1 N–H and O–H groups in total. The maximum atomic E-state index is 12.2. The van der Waals surface area contributed by atoms with Crippen LogP contribution in [-0.2, 0) is 10.0 Å². The molecule has 0 aliphatic carbocycles. The largest absolute Gasteiger partial charge is 0.241 e. The van der Waals surface area contributed by atoms with Gasteiger partial charge in [0, 0.05) is 16.9 Å². The quantitative estimate of drug-likeness (QED) is 0.710. The van der Waals surface area contributed by atoms with Crippen molar-refractivity contribution >= 4 is 37.6 Å². The highest BCUT2D eigenvalue weighted by molar-refractivity contribution is 9.10. The van der Waals surface area contributed by atoms with Gasteiger partial charge in [0.1, 0.15) is 0 Å². The second-order valence-electron chi connectivity index (χ2n) is 4.41. The normalized spacial score (nSPS) is 13.4. The number of sulfonamides is 1. The van der Waals surface area contributed by atoms with Gasteiger partial charge in [-0.05, 0) is 46.8 Å². The van der Waals surface area contributed by atoms with Gasteiger partial charge in [0.25, 0.3) is 0 Å². The summed E-state index contributed by atoms with van der Waals surface area (Å²) in [6.45, 7) is 2.52. The molecule has 0 amide bonds. The fourth-order valence-electron chi connectivity index (χ4n) is 1.88. The maximum absolute atomic E-state index is 12.2. The Hall–Kier alpha value is -0.100. The monoisotopic (exact) mass is 367 g/mol. The molecule has 6 heteroatoms. The van der Waals surface area contributed by atoms with Crippen LogP contribution in [-0.4, -0.2) is 20.8 Å². The molecule has 0 aromatic heterocycles. The van der Waals surface area contributed by atoms with Crippen molar-refractivity contribution < 1.29 is 8.42 Å². The van der Waals surface area contributed by atoms with Crippen LogP contribution in [0.2, 0.25) is 0 Å². The number of rotatable bonds is 8. The van der Waals surface area contributed by atoms with Gasteiger partial charge in [-0.2, -0.15) is 0 Å². The number of benzene rings is 1. The third kappa shape index (κ3) is 5.42. The summed E-state index contributed by atoms with van der Waals surface area (Å²) in [4.78, 5) is 0.274. The highest BCUT2D eigenvalue weighted by Gasteiger charge is 2.18. The molecule has 0 radical (unpaired) electrons. The Labute approximate surface area is 128 Å². The molecule has 108 valence electrons. The molecule has 1 atom stereocenters. The van der Waals surface area contributed by atoms with E-state index in [1.54, 1.807) is 24.3 Å². The Balaban J connectivity index is 2.72. The Morgan fingerprint density at radius 3 is 2.58 bits per heavy atom.